The molecule has 0 aliphatic rings. The minimum absolute atomic E-state index is 0.144. The van der Waals surface area contributed by atoms with E-state index in [-0.39, 0.29) is 18.0 Å². The monoisotopic (exact) mass is 265 g/mol. The second kappa shape index (κ2) is 5.89. The van der Waals surface area contributed by atoms with E-state index in [4.69, 9.17) is 5.73 Å². The van der Waals surface area contributed by atoms with E-state index in [9.17, 15) is 13.2 Å². The summed E-state index contributed by atoms with van der Waals surface area (Å²) in [6.07, 6.45) is 0.727. The molecule has 2 N–H and O–H groups in total. The molecule has 19 heavy (non-hydrogen) atoms. The van der Waals surface area contributed by atoms with E-state index in [1.54, 1.807) is 0 Å². The van der Waals surface area contributed by atoms with Crippen LogP contribution < -0.4 is 5.73 Å². The zero-order valence-electron chi connectivity index (χ0n) is 10.2. The van der Waals surface area contributed by atoms with Gasteiger partial charge in [0.1, 0.15) is 0 Å². The molecule has 0 bridgehead atoms. The van der Waals surface area contributed by atoms with Gasteiger partial charge in [-0.3, -0.25) is 0 Å². The fourth-order valence-corrected chi connectivity index (χ4v) is 1.94. The third-order valence-corrected chi connectivity index (χ3v) is 3.07. The van der Waals surface area contributed by atoms with Crippen LogP contribution in [0.25, 0.3) is 0 Å². The summed E-state index contributed by atoms with van der Waals surface area (Å²) in [6.45, 7) is 0. The minimum Gasteiger partial charge on any atom is -0.324 e. The number of hydrogen-bond acceptors (Lipinski definition) is 1. The maximum absolute atomic E-state index is 13.5. The van der Waals surface area contributed by atoms with Crippen LogP contribution in [0, 0.1) is 17.5 Å². The highest BCUT2D eigenvalue weighted by molar-refractivity contribution is 5.22. The van der Waals surface area contributed by atoms with Crippen LogP contribution in [-0.2, 0) is 6.42 Å². The van der Waals surface area contributed by atoms with E-state index < -0.39 is 17.5 Å². The minimum atomic E-state index is -1.43. The molecule has 4 heteroatoms. The lowest BCUT2D eigenvalue weighted by Gasteiger charge is -2.12. The fourth-order valence-electron chi connectivity index (χ4n) is 1.94. The number of rotatable bonds is 4. The number of halogens is 3. The van der Waals surface area contributed by atoms with Crippen LogP contribution in [0.15, 0.2) is 42.5 Å². The van der Waals surface area contributed by atoms with Gasteiger partial charge in [-0.1, -0.05) is 36.4 Å². The van der Waals surface area contributed by atoms with Crippen molar-refractivity contribution >= 4 is 0 Å². The smallest absolute Gasteiger partial charge is 0.194 e. The van der Waals surface area contributed by atoms with Crippen molar-refractivity contribution in [3.63, 3.8) is 0 Å². The summed E-state index contributed by atoms with van der Waals surface area (Å²) >= 11 is 0. The third kappa shape index (κ3) is 3.15. The van der Waals surface area contributed by atoms with Gasteiger partial charge < -0.3 is 5.73 Å². The zero-order valence-corrected chi connectivity index (χ0v) is 10.2. The lowest BCUT2D eigenvalue weighted by atomic mass is 9.99. The third-order valence-electron chi connectivity index (χ3n) is 3.07. The maximum Gasteiger partial charge on any atom is 0.194 e. The Kier molecular flexibility index (Phi) is 4.22. The summed E-state index contributed by atoms with van der Waals surface area (Å²) in [4.78, 5) is 0. The average molecular weight is 265 g/mol. The van der Waals surface area contributed by atoms with Gasteiger partial charge in [0.05, 0.1) is 0 Å². The maximum atomic E-state index is 13.5. The molecule has 0 fully saturated rings. The molecule has 0 aromatic heterocycles. The van der Waals surface area contributed by atoms with Gasteiger partial charge in [-0.25, -0.2) is 13.2 Å². The van der Waals surface area contributed by atoms with Crippen molar-refractivity contribution in [3.8, 4) is 0 Å². The van der Waals surface area contributed by atoms with Crippen LogP contribution in [-0.4, -0.2) is 0 Å². The number of nitrogens with two attached hydrogens (primary N) is 1. The Labute approximate surface area is 109 Å². The molecule has 0 aliphatic carbocycles. The Bertz CT molecular complexity index is 555. The first kappa shape index (κ1) is 13.6. The molecular formula is C15H14F3N. The zero-order chi connectivity index (χ0) is 13.8. The van der Waals surface area contributed by atoms with Crippen LogP contribution in [0.3, 0.4) is 0 Å². The second-order valence-corrected chi connectivity index (χ2v) is 4.39. The van der Waals surface area contributed by atoms with Crippen molar-refractivity contribution < 1.29 is 13.2 Å². The van der Waals surface area contributed by atoms with Gasteiger partial charge in [0.15, 0.2) is 17.5 Å². The van der Waals surface area contributed by atoms with Gasteiger partial charge in [-0.2, -0.15) is 0 Å². The van der Waals surface area contributed by atoms with E-state index in [2.05, 4.69) is 0 Å². The van der Waals surface area contributed by atoms with E-state index in [0.717, 1.165) is 11.6 Å². The van der Waals surface area contributed by atoms with Crippen molar-refractivity contribution in [2.45, 2.75) is 18.9 Å². The van der Waals surface area contributed by atoms with E-state index in [1.165, 1.54) is 6.07 Å². The van der Waals surface area contributed by atoms with Crippen molar-refractivity contribution in [2.24, 2.45) is 5.73 Å². The van der Waals surface area contributed by atoms with Gasteiger partial charge in [0.2, 0.25) is 0 Å². The molecule has 0 saturated heterocycles. The van der Waals surface area contributed by atoms with Crippen molar-refractivity contribution in [3.05, 3.63) is 71.0 Å². The van der Waals surface area contributed by atoms with Crippen LogP contribution in [0.2, 0.25) is 0 Å². The van der Waals surface area contributed by atoms with Crippen molar-refractivity contribution in [1.29, 1.82) is 0 Å². The Hall–Kier alpha value is -1.81. The molecule has 0 radical (unpaired) electrons. The van der Waals surface area contributed by atoms with Crippen LogP contribution >= 0.6 is 0 Å². The SMILES string of the molecule is NC(CCc1ccc(F)c(F)c1F)c1ccccc1. The molecule has 2 aromatic rings. The average Bonchev–Trinajstić information content (AvgIpc) is 2.45. The molecule has 0 aliphatic heterocycles. The van der Waals surface area contributed by atoms with Crippen molar-refractivity contribution in [2.75, 3.05) is 0 Å². The van der Waals surface area contributed by atoms with Gasteiger partial charge in [0.25, 0.3) is 0 Å². The molecule has 0 heterocycles. The summed E-state index contributed by atoms with van der Waals surface area (Å²) in [5.74, 6) is -3.72. The molecule has 1 unspecified atom stereocenters. The predicted molar refractivity (Wildman–Crippen MR) is 68.0 cm³/mol. The highest BCUT2D eigenvalue weighted by Gasteiger charge is 2.14. The Morgan fingerprint density at radius 1 is 0.895 bits per heavy atom. The van der Waals surface area contributed by atoms with Gasteiger partial charge in [-0.15, -0.1) is 0 Å². The topological polar surface area (TPSA) is 26.0 Å². The molecule has 0 amide bonds. The number of benzene rings is 2. The van der Waals surface area contributed by atoms with Gasteiger partial charge >= 0.3 is 0 Å². The summed E-state index contributed by atoms with van der Waals surface area (Å²) < 4.78 is 39.3. The molecule has 0 saturated carbocycles. The number of aryl methyl sites for hydroxylation is 1. The number of hydrogen-bond donors (Lipinski definition) is 1. The van der Waals surface area contributed by atoms with Gasteiger partial charge in [-0.05, 0) is 30.0 Å². The highest BCUT2D eigenvalue weighted by atomic mass is 19.2. The molecule has 1 atom stereocenters. The molecule has 0 spiro atoms. The first-order valence-corrected chi connectivity index (χ1v) is 6.02. The van der Waals surface area contributed by atoms with Crippen LogP contribution in [0.5, 0.6) is 0 Å². The lowest BCUT2D eigenvalue weighted by Crippen LogP contribution is -2.12. The van der Waals surface area contributed by atoms with E-state index in [0.29, 0.717) is 6.42 Å². The van der Waals surface area contributed by atoms with Crippen LogP contribution in [0.1, 0.15) is 23.6 Å². The fraction of sp³-hybridized carbons (Fsp3) is 0.200. The first-order chi connectivity index (χ1) is 9.09. The highest BCUT2D eigenvalue weighted by Crippen LogP contribution is 2.20. The largest absolute Gasteiger partial charge is 0.324 e. The molecule has 100 valence electrons. The van der Waals surface area contributed by atoms with E-state index in [1.807, 2.05) is 30.3 Å². The Balaban J connectivity index is 2.05. The molecule has 1 nitrogen and oxygen atoms in total. The summed E-state index contributed by atoms with van der Waals surface area (Å²) in [5.41, 5.74) is 7.05. The second-order valence-electron chi connectivity index (χ2n) is 4.39. The standard InChI is InChI=1S/C15H14F3N/c16-12-8-6-11(14(17)15(12)18)7-9-13(19)10-4-2-1-3-5-10/h1-6,8,13H,7,9,19H2. The summed E-state index contributed by atoms with van der Waals surface area (Å²) in [7, 11) is 0. The molecular weight excluding hydrogens is 251 g/mol. The van der Waals surface area contributed by atoms with Gasteiger partial charge in [0, 0.05) is 6.04 Å². The first-order valence-electron chi connectivity index (χ1n) is 6.02. The van der Waals surface area contributed by atoms with Crippen LogP contribution in [0.4, 0.5) is 13.2 Å². The summed E-state index contributed by atoms with van der Waals surface area (Å²) in [6, 6.07) is 11.3. The Morgan fingerprint density at radius 2 is 1.58 bits per heavy atom. The predicted octanol–water partition coefficient (Wildman–Crippen LogP) is 3.74. The van der Waals surface area contributed by atoms with E-state index >= 15 is 0 Å². The molecule has 2 rings (SSSR count). The Morgan fingerprint density at radius 3 is 2.26 bits per heavy atom. The lowest BCUT2D eigenvalue weighted by molar-refractivity contribution is 0.439. The quantitative estimate of drug-likeness (QED) is 0.837. The van der Waals surface area contributed by atoms with Crippen molar-refractivity contribution in [1.82, 2.24) is 0 Å². The molecule has 2 aromatic carbocycles. The normalized spacial score (nSPS) is 12.4. The summed E-state index contributed by atoms with van der Waals surface area (Å²) in [5, 5.41) is 0.